The van der Waals surface area contributed by atoms with Gasteiger partial charge in [0.1, 0.15) is 35.7 Å². The number of rotatable bonds is 7. The third-order valence-electron chi connectivity index (χ3n) is 6.46. The number of likely N-dealkylation sites (tertiary alicyclic amines) is 1. The first-order valence-electron chi connectivity index (χ1n) is 11.5. The summed E-state index contributed by atoms with van der Waals surface area (Å²) in [5.41, 5.74) is 2.75. The number of carbonyl (C=O) groups is 2. The third-order valence-corrected chi connectivity index (χ3v) is 6.46. The molecule has 0 unspecified atom stereocenters. The number of aliphatic hydroxyl groups excluding tert-OH is 2. The predicted molar refractivity (Wildman–Crippen MR) is 123 cm³/mol. The van der Waals surface area contributed by atoms with E-state index >= 15 is 0 Å². The second kappa shape index (κ2) is 9.23. The normalized spacial score (nSPS) is 19.8. The number of carbonyl (C=O) groups excluding carboxylic acids is 2. The van der Waals surface area contributed by atoms with E-state index in [1.165, 1.54) is 23.4 Å². The molecule has 1 aliphatic carbocycles. The molecule has 1 saturated carbocycles. The molecule has 3 aromatic rings. The number of aryl methyl sites for hydroxylation is 1. The van der Waals surface area contributed by atoms with Crippen LogP contribution in [-0.2, 0) is 4.79 Å². The predicted octanol–water partition coefficient (Wildman–Crippen LogP) is 1.16. The number of hydrogen-bond acceptors (Lipinski definition) is 7. The minimum absolute atomic E-state index is 0.0255. The highest BCUT2D eigenvalue weighted by molar-refractivity contribution is 6.09. The van der Waals surface area contributed by atoms with Crippen LogP contribution in [0.15, 0.2) is 24.5 Å². The van der Waals surface area contributed by atoms with E-state index in [-0.39, 0.29) is 18.7 Å². The minimum atomic E-state index is -0.962. The van der Waals surface area contributed by atoms with Gasteiger partial charge in [0.15, 0.2) is 0 Å². The van der Waals surface area contributed by atoms with Gasteiger partial charge < -0.3 is 30.2 Å². The Labute approximate surface area is 200 Å². The standard InChI is InChI=1S/C24H26FN5O5/c1-12-20(24(34)29-16-7-30(8-17(16)32)19(33)9-31)22-23(28-12)21(26-11-27-22)15-5-4-14(25)6-18(15)35-10-13-2-3-13/h4-6,11,13,16-17,28,31-32H,2-3,7-10H2,1H3,(H,29,34)/t16-,17-/m1/s1. The summed E-state index contributed by atoms with van der Waals surface area (Å²) in [4.78, 5) is 38.1. The maximum Gasteiger partial charge on any atom is 0.255 e. The van der Waals surface area contributed by atoms with Crippen LogP contribution in [0, 0.1) is 18.7 Å². The minimum Gasteiger partial charge on any atom is -0.492 e. The summed E-state index contributed by atoms with van der Waals surface area (Å²) in [6, 6.07) is 3.56. The summed E-state index contributed by atoms with van der Waals surface area (Å²) in [7, 11) is 0. The van der Waals surface area contributed by atoms with Gasteiger partial charge in [-0.15, -0.1) is 0 Å². The van der Waals surface area contributed by atoms with Crippen LogP contribution in [0.1, 0.15) is 28.9 Å². The number of aliphatic hydroxyl groups is 2. The average Bonchev–Trinajstić information content (AvgIpc) is 3.51. The van der Waals surface area contributed by atoms with E-state index in [1.807, 2.05) is 0 Å². The molecule has 2 aromatic heterocycles. The highest BCUT2D eigenvalue weighted by Gasteiger charge is 2.35. The number of ether oxygens (including phenoxy) is 1. The molecule has 1 saturated heterocycles. The monoisotopic (exact) mass is 483 g/mol. The smallest absolute Gasteiger partial charge is 0.255 e. The molecule has 3 heterocycles. The van der Waals surface area contributed by atoms with Crippen LogP contribution in [0.2, 0.25) is 0 Å². The first kappa shape index (κ1) is 23.2. The zero-order valence-electron chi connectivity index (χ0n) is 19.1. The molecule has 2 amide bonds. The van der Waals surface area contributed by atoms with E-state index in [1.54, 1.807) is 13.0 Å². The summed E-state index contributed by atoms with van der Waals surface area (Å²) in [5.74, 6) is -0.547. The van der Waals surface area contributed by atoms with Crippen molar-refractivity contribution in [3.63, 3.8) is 0 Å². The molecular weight excluding hydrogens is 457 g/mol. The van der Waals surface area contributed by atoms with Gasteiger partial charge in [0.25, 0.3) is 5.91 Å². The van der Waals surface area contributed by atoms with Crippen molar-refractivity contribution in [3.05, 3.63) is 41.6 Å². The van der Waals surface area contributed by atoms with Crippen LogP contribution in [0.4, 0.5) is 4.39 Å². The van der Waals surface area contributed by atoms with Crippen LogP contribution < -0.4 is 10.1 Å². The lowest BCUT2D eigenvalue weighted by Gasteiger charge is -2.16. The number of hydrogen-bond donors (Lipinski definition) is 4. The van der Waals surface area contributed by atoms with Gasteiger partial charge in [0, 0.05) is 30.4 Å². The van der Waals surface area contributed by atoms with Gasteiger partial charge in [-0.05, 0) is 37.8 Å². The Morgan fingerprint density at radius 2 is 2.09 bits per heavy atom. The molecule has 1 aliphatic heterocycles. The summed E-state index contributed by atoms with van der Waals surface area (Å²) in [5, 5.41) is 22.1. The Balaban J connectivity index is 1.45. The third kappa shape index (κ3) is 4.56. The van der Waals surface area contributed by atoms with Crippen molar-refractivity contribution in [1.29, 1.82) is 0 Å². The molecule has 0 bridgehead atoms. The number of nitrogens with zero attached hydrogens (tertiary/aromatic N) is 3. The van der Waals surface area contributed by atoms with Crippen molar-refractivity contribution >= 4 is 22.8 Å². The van der Waals surface area contributed by atoms with Gasteiger partial charge in [-0.3, -0.25) is 9.59 Å². The highest BCUT2D eigenvalue weighted by atomic mass is 19.1. The molecule has 1 aromatic carbocycles. The second-order valence-electron chi connectivity index (χ2n) is 9.07. The van der Waals surface area contributed by atoms with Crippen molar-refractivity contribution in [2.24, 2.45) is 5.92 Å². The van der Waals surface area contributed by atoms with Crippen LogP contribution in [0.5, 0.6) is 5.75 Å². The molecule has 0 spiro atoms. The van der Waals surface area contributed by atoms with Crippen LogP contribution >= 0.6 is 0 Å². The Morgan fingerprint density at radius 1 is 1.29 bits per heavy atom. The van der Waals surface area contributed by atoms with E-state index in [4.69, 9.17) is 9.84 Å². The topological polar surface area (TPSA) is 141 Å². The number of aromatic amines is 1. The summed E-state index contributed by atoms with van der Waals surface area (Å²) >= 11 is 0. The van der Waals surface area contributed by atoms with Crippen LogP contribution in [-0.4, -0.2) is 80.3 Å². The van der Waals surface area contributed by atoms with Gasteiger partial charge in [-0.1, -0.05) is 0 Å². The maximum absolute atomic E-state index is 14.0. The zero-order valence-corrected chi connectivity index (χ0v) is 19.1. The van der Waals surface area contributed by atoms with E-state index in [9.17, 15) is 19.1 Å². The SMILES string of the molecule is Cc1[nH]c2c(-c3ccc(F)cc3OCC3CC3)ncnc2c1C(=O)N[C@@H]1CN(C(=O)CO)C[C@H]1O. The van der Waals surface area contributed by atoms with E-state index in [0.717, 1.165) is 12.8 Å². The molecule has 2 aliphatic rings. The van der Waals surface area contributed by atoms with Gasteiger partial charge in [-0.25, -0.2) is 14.4 Å². The number of nitrogens with one attached hydrogen (secondary N) is 2. The lowest BCUT2D eigenvalue weighted by molar-refractivity contribution is -0.133. The quantitative estimate of drug-likeness (QED) is 0.395. The number of β-amino-alcohol motifs (C(OH)–C–C–N with tert-alkyl or cyclic N) is 1. The molecule has 2 atom stereocenters. The number of aromatic nitrogens is 3. The largest absolute Gasteiger partial charge is 0.492 e. The van der Waals surface area contributed by atoms with Crippen molar-refractivity contribution in [2.45, 2.75) is 31.9 Å². The van der Waals surface area contributed by atoms with Crippen molar-refractivity contribution in [3.8, 4) is 17.0 Å². The Kier molecular flexibility index (Phi) is 6.12. The van der Waals surface area contributed by atoms with E-state index < -0.39 is 36.4 Å². The fourth-order valence-electron chi connectivity index (χ4n) is 4.38. The lowest BCUT2D eigenvalue weighted by Crippen LogP contribution is -2.43. The van der Waals surface area contributed by atoms with E-state index in [2.05, 4.69) is 20.3 Å². The summed E-state index contributed by atoms with van der Waals surface area (Å²) < 4.78 is 19.9. The number of H-pyrrole nitrogens is 1. The van der Waals surface area contributed by atoms with Crippen molar-refractivity contribution in [1.82, 2.24) is 25.2 Å². The van der Waals surface area contributed by atoms with E-state index in [0.29, 0.717) is 46.3 Å². The summed E-state index contributed by atoms with van der Waals surface area (Å²) in [6.07, 6.45) is 2.56. The Bertz CT molecular complexity index is 1290. The number of amides is 2. The lowest BCUT2D eigenvalue weighted by atomic mass is 10.1. The van der Waals surface area contributed by atoms with Crippen molar-refractivity contribution < 1.29 is 28.9 Å². The van der Waals surface area contributed by atoms with Gasteiger partial charge >= 0.3 is 0 Å². The number of benzene rings is 1. The fraction of sp³-hybridized carbons (Fsp3) is 0.417. The molecule has 4 N–H and O–H groups in total. The van der Waals surface area contributed by atoms with Crippen LogP contribution in [0.25, 0.3) is 22.3 Å². The van der Waals surface area contributed by atoms with Crippen LogP contribution in [0.3, 0.4) is 0 Å². The summed E-state index contributed by atoms with van der Waals surface area (Å²) in [6.45, 7) is 1.68. The van der Waals surface area contributed by atoms with Gasteiger partial charge in [0.2, 0.25) is 5.91 Å². The Hall–Kier alpha value is -3.57. The molecule has 184 valence electrons. The first-order chi connectivity index (χ1) is 16.9. The molecule has 0 radical (unpaired) electrons. The highest BCUT2D eigenvalue weighted by Crippen LogP contribution is 2.36. The molecule has 2 fully saturated rings. The van der Waals surface area contributed by atoms with Crippen molar-refractivity contribution in [2.75, 3.05) is 26.3 Å². The molecule has 11 heteroatoms. The first-order valence-corrected chi connectivity index (χ1v) is 11.5. The molecule has 10 nitrogen and oxygen atoms in total. The fourth-order valence-corrected chi connectivity index (χ4v) is 4.38. The number of fused-ring (bicyclic) bond motifs is 1. The average molecular weight is 484 g/mol. The molecule has 35 heavy (non-hydrogen) atoms. The molecule has 5 rings (SSSR count). The van der Waals surface area contributed by atoms with Gasteiger partial charge in [0.05, 0.1) is 29.8 Å². The Morgan fingerprint density at radius 3 is 2.83 bits per heavy atom. The number of halogens is 1. The second-order valence-corrected chi connectivity index (χ2v) is 9.07. The maximum atomic E-state index is 14.0. The van der Waals surface area contributed by atoms with Gasteiger partial charge in [-0.2, -0.15) is 0 Å². The molecular formula is C24H26FN5O5. The zero-order chi connectivity index (χ0) is 24.7.